The molecule has 34 atom stereocenters. The van der Waals surface area contributed by atoms with Crippen LogP contribution in [0.1, 0.15) is 113 Å². The summed E-state index contributed by atoms with van der Waals surface area (Å²) in [6.07, 6.45) is -34.5. The molecule has 5 aliphatic heterocycles. The SMILES string of the molecule is C[C@H](CC[C@@H](O[C@@H]1O[C@H](CO)[C@@H](O)[C@H](O)[C@H]1O[C@H]1O[C@@H](CO)[C@H](O)[C@@H](O[C@H]2O[C@@H](CO)[C@H](O)[C@@H](O)[C@@H]2O)[C@@H]1O)C(C)(C)O)C1CC[C@@]2(C)C3CC=C4C(CC[C@H](O[C@@H]5O[C@H](CO)[C@@H](O)[C@H](O[C@@H]6O[C@H](CO)[C@@H](O)[C@H](O)[C@H]6O)[C@H]5O)C4(C)C)[C@]3(C)CC[C@]12C. The Balaban J connectivity index is 0.867. The molecule has 0 amide bonds. The predicted molar refractivity (Wildman–Crippen MR) is 299 cm³/mol. The van der Waals surface area contributed by atoms with Gasteiger partial charge in [-0.15, -0.1) is 0 Å². The van der Waals surface area contributed by atoms with Crippen molar-refractivity contribution in [3.8, 4) is 0 Å². The average Bonchev–Trinajstić information content (AvgIpc) is 1.33. The topological polar surface area (TPSA) is 456 Å². The zero-order chi connectivity index (χ0) is 64.7. The summed E-state index contributed by atoms with van der Waals surface area (Å²) in [5.74, 6) is 0.849. The summed E-state index contributed by atoms with van der Waals surface area (Å²) in [7, 11) is 0. The van der Waals surface area contributed by atoms with Gasteiger partial charge in [-0.3, -0.25) is 0 Å². The number of hydrogen-bond donors (Lipinski definition) is 18. The Labute approximate surface area is 512 Å². The lowest BCUT2D eigenvalue weighted by Crippen LogP contribution is -2.67. The van der Waals surface area contributed by atoms with E-state index in [1.165, 1.54) is 5.57 Å². The van der Waals surface area contributed by atoms with E-state index >= 15 is 0 Å². The van der Waals surface area contributed by atoms with E-state index in [0.29, 0.717) is 18.8 Å². The highest BCUT2D eigenvalue weighted by Crippen LogP contribution is 2.75. The van der Waals surface area contributed by atoms with E-state index < -0.39 is 210 Å². The van der Waals surface area contributed by atoms with Crippen LogP contribution in [0.4, 0.5) is 0 Å². The Kier molecular flexibility index (Phi) is 22.1. The van der Waals surface area contributed by atoms with Gasteiger partial charge in [-0.25, -0.2) is 0 Å². The largest absolute Gasteiger partial charge is 0.394 e. The minimum Gasteiger partial charge on any atom is -0.394 e. The highest BCUT2D eigenvalue weighted by molar-refractivity contribution is 5.30. The summed E-state index contributed by atoms with van der Waals surface area (Å²) in [5.41, 5.74) is -1.19. The summed E-state index contributed by atoms with van der Waals surface area (Å²) >= 11 is 0. The number of rotatable bonds is 20. The van der Waals surface area contributed by atoms with Crippen LogP contribution in [-0.2, 0) is 47.4 Å². The Hall–Kier alpha value is -1.38. The van der Waals surface area contributed by atoms with Gasteiger partial charge in [0.2, 0.25) is 0 Å². The van der Waals surface area contributed by atoms with Gasteiger partial charge in [-0.05, 0) is 112 Å². The maximum atomic E-state index is 11.8. The highest BCUT2D eigenvalue weighted by Gasteiger charge is 2.68. The van der Waals surface area contributed by atoms with Gasteiger partial charge in [-0.1, -0.05) is 53.2 Å². The average molecular weight is 1270 g/mol. The molecule has 9 rings (SSSR count). The van der Waals surface area contributed by atoms with Crippen molar-refractivity contribution in [3.05, 3.63) is 11.6 Å². The van der Waals surface area contributed by atoms with E-state index in [1.807, 2.05) is 0 Å². The quantitative estimate of drug-likeness (QED) is 0.0512. The van der Waals surface area contributed by atoms with Gasteiger partial charge >= 0.3 is 0 Å². The van der Waals surface area contributed by atoms with Crippen LogP contribution >= 0.6 is 0 Å². The Morgan fingerprint density at radius 1 is 0.477 bits per heavy atom. The van der Waals surface area contributed by atoms with E-state index in [1.54, 1.807) is 13.8 Å². The molecule has 18 N–H and O–H groups in total. The fraction of sp³-hybridized carbons (Fsp3) is 0.967. The van der Waals surface area contributed by atoms with Crippen LogP contribution in [0, 0.1) is 45.3 Å². The maximum Gasteiger partial charge on any atom is 0.187 e. The second-order valence-electron chi connectivity index (χ2n) is 28.6. The zero-order valence-corrected chi connectivity index (χ0v) is 51.5. The molecule has 510 valence electrons. The number of ether oxygens (including phenoxy) is 10. The Morgan fingerprint density at radius 3 is 1.39 bits per heavy atom. The van der Waals surface area contributed by atoms with Crippen molar-refractivity contribution in [2.45, 2.75) is 285 Å². The molecule has 0 aromatic carbocycles. The van der Waals surface area contributed by atoms with Crippen LogP contribution in [-0.4, -0.2) is 296 Å². The molecule has 3 unspecified atom stereocenters. The van der Waals surface area contributed by atoms with Gasteiger partial charge < -0.3 is 139 Å². The normalized spacial score (nSPS) is 51.4. The molecule has 88 heavy (non-hydrogen) atoms. The van der Waals surface area contributed by atoms with E-state index in [-0.39, 0.29) is 40.4 Å². The van der Waals surface area contributed by atoms with Crippen molar-refractivity contribution in [2.75, 3.05) is 33.0 Å². The van der Waals surface area contributed by atoms with Gasteiger partial charge in [0.25, 0.3) is 0 Å². The molecule has 0 aromatic rings. The smallest absolute Gasteiger partial charge is 0.187 e. The van der Waals surface area contributed by atoms with Crippen LogP contribution in [0.5, 0.6) is 0 Å². The van der Waals surface area contributed by atoms with Gasteiger partial charge in [0.15, 0.2) is 31.5 Å². The first-order valence-corrected chi connectivity index (χ1v) is 31.5. The van der Waals surface area contributed by atoms with Gasteiger partial charge in [-0.2, -0.15) is 0 Å². The molecule has 0 aromatic heterocycles. The molecule has 5 saturated heterocycles. The van der Waals surface area contributed by atoms with Crippen molar-refractivity contribution in [1.82, 2.24) is 0 Å². The fourth-order valence-electron chi connectivity index (χ4n) is 17.2. The van der Waals surface area contributed by atoms with Crippen molar-refractivity contribution >= 4 is 0 Å². The van der Waals surface area contributed by atoms with Crippen molar-refractivity contribution < 1.29 is 139 Å². The first-order valence-electron chi connectivity index (χ1n) is 31.5. The van der Waals surface area contributed by atoms with E-state index in [4.69, 9.17) is 47.4 Å². The third-order valence-corrected chi connectivity index (χ3v) is 22.9. The fourth-order valence-corrected chi connectivity index (χ4v) is 17.2. The van der Waals surface area contributed by atoms with E-state index in [2.05, 4.69) is 47.6 Å². The minimum absolute atomic E-state index is 0.0900. The van der Waals surface area contributed by atoms with E-state index in [9.17, 15) is 91.9 Å². The van der Waals surface area contributed by atoms with Crippen molar-refractivity contribution in [3.63, 3.8) is 0 Å². The molecule has 28 heteroatoms. The first kappa shape index (κ1) is 70.9. The van der Waals surface area contributed by atoms with E-state index in [0.717, 1.165) is 38.5 Å². The first-order chi connectivity index (χ1) is 41.3. The third kappa shape index (κ3) is 12.7. The molecule has 3 saturated carbocycles. The monoisotopic (exact) mass is 1270 g/mol. The third-order valence-electron chi connectivity index (χ3n) is 22.9. The molecule has 28 nitrogen and oxygen atoms in total. The van der Waals surface area contributed by atoms with Crippen LogP contribution < -0.4 is 0 Å². The molecule has 0 bridgehead atoms. The second-order valence-corrected chi connectivity index (χ2v) is 28.6. The molecule has 9 aliphatic rings. The molecule has 8 fully saturated rings. The summed E-state index contributed by atoms with van der Waals surface area (Å²) in [6, 6.07) is 0. The van der Waals surface area contributed by atoms with Gasteiger partial charge in [0.1, 0.15) is 122 Å². The van der Waals surface area contributed by atoms with Crippen molar-refractivity contribution in [2.24, 2.45) is 45.3 Å². The standard InChI is InChI=1S/C60H102O28/c1-24(9-13-35(57(4,5)78)85-55-50(43(73)38(68)30(21-63)83-55)88-54-47(77)49(40(70)32(23-65)82-54)87-52-45(75)42(72)37(67)29(20-62)80-52)25-15-16-60(8)33-12-10-26-27(58(33,6)17-18-59(25,60)7)11-14-34(56(26,2)3)84-53-46(76)48(39(69)31(22-64)81-53)86-51-44(74)41(71)36(66)28(19-61)79-51/h10,24-25,27-55,61-78H,9,11-23H2,1-8H3/t24-,25?,27?,28-,29+,30-,31-,32+,33?,34+,35-,36-,37+,38-,39-,40+,41+,42-,43+,44-,45+,46-,47+,48+,49-,50-,51+,52-,53+,54-,55+,58+,59-,60+/m1/s1. The molecule has 5 heterocycles. The Bertz CT molecular complexity index is 2310. The molecular weight excluding hydrogens is 1170 g/mol. The number of fused-ring (bicyclic) bond motifs is 5. The summed E-state index contributed by atoms with van der Waals surface area (Å²) in [6.45, 7) is 13.0. The van der Waals surface area contributed by atoms with Crippen molar-refractivity contribution in [1.29, 1.82) is 0 Å². The summed E-state index contributed by atoms with van der Waals surface area (Å²) < 4.78 is 59.7. The van der Waals surface area contributed by atoms with Crippen LogP contribution in [0.25, 0.3) is 0 Å². The number of aliphatic hydroxyl groups excluding tert-OH is 17. The lowest BCUT2D eigenvalue weighted by Gasteiger charge is -2.66. The van der Waals surface area contributed by atoms with Gasteiger partial charge in [0, 0.05) is 5.41 Å². The molecule has 4 aliphatic carbocycles. The summed E-state index contributed by atoms with van der Waals surface area (Å²) in [5, 5.41) is 193. The number of hydrogen-bond acceptors (Lipinski definition) is 28. The lowest BCUT2D eigenvalue weighted by atomic mass is 9.39. The minimum atomic E-state index is -2.02. The molecule has 0 spiro atoms. The predicted octanol–water partition coefficient (Wildman–Crippen LogP) is -4.38. The van der Waals surface area contributed by atoms with Gasteiger partial charge in [0.05, 0.1) is 50.8 Å². The number of aliphatic hydroxyl groups is 18. The summed E-state index contributed by atoms with van der Waals surface area (Å²) in [4.78, 5) is 0. The molecule has 0 radical (unpaired) electrons. The van der Waals surface area contributed by atoms with Crippen LogP contribution in [0.15, 0.2) is 11.6 Å². The lowest BCUT2D eigenvalue weighted by molar-refractivity contribution is -0.390. The highest BCUT2D eigenvalue weighted by atomic mass is 16.8. The second kappa shape index (κ2) is 27.4. The Morgan fingerprint density at radius 2 is 0.909 bits per heavy atom. The van der Waals surface area contributed by atoms with Crippen LogP contribution in [0.2, 0.25) is 0 Å². The maximum absolute atomic E-state index is 11.8. The zero-order valence-electron chi connectivity index (χ0n) is 51.5. The number of allylic oxidation sites excluding steroid dienone is 1. The van der Waals surface area contributed by atoms with Crippen LogP contribution in [0.3, 0.4) is 0 Å². The molecular formula is C60H102O28.